The maximum absolute atomic E-state index is 12.0. The van der Waals surface area contributed by atoms with Crippen molar-refractivity contribution in [1.82, 2.24) is 9.80 Å². The van der Waals surface area contributed by atoms with Crippen LogP contribution >= 0.6 is 0 Å². The molecule has 4 nitrogen and oxygen atoms in total. The van der Waals surface area contributed by atoms with Crippen LogP contribution in [0, 0.1) is 5.92 Å². The lowest BCUT2D eigenvalue weighted by molar-refractivity contribution is -0.136. The number of hydrogen-bond acceptors (Lipinski definition) is 3. The third kappa shape index (κ3) is 2.95. The fourth-order valence-corrected chi connectivity index (χ4v) is 2.21. The summed E-state index contributed by atoms with van der Waals surface area (Å²) < 4.78 is 5.24. The van der Waals surface area contributed by atoms with Gasteiger partial charge in [0.1, 0.15) is 0 Å². The monoisotopic (exact) mass is 226 g/mol. The second-order valence-corrected chi connectivity index (χ2v) is 4.99. The summed E-state index contributed by atoms with van der Waals surface area (Å²) >= 11 is 0. The van der Waals surface area contributed by atoms with E-state index in [1.54, 1.807) is 0 Å². The molecule has 0 spiro atoms. The van der Waals surface area contributed by atoms with Crippen molar-refractivity contribution in [3.8, 4) is 0 Å². The number of hydrogen-bond donors (Lipinski definition) is 0. The number of ether oxygens (including phenoxy) is 1. The molecular formula is C12H22N2O2. The normalized spacial score (nSPS) is 23.6. The van der Waals surface area contributed by atoms with Crippen LogP contribution in [0.5, 0.6) is 0 Å². The predicted molar refractivity (Wildman–Crippen MR) is 62.2 cm³/mol. The summed E-state index contributed by atoms with van der Waals surface area (Å²) in [5, 5.41) is 0. The summed E-state index contributed by atoms with van der Waals surface area (Å²) in [4.78, 5) is 16.1. The Bertz CT molecular complexity index is 247. The Balaban J connectivity index is 1.76. The zero-order valence-corrected chi connectivity index (χ0v) is 10.3. The number of carbonyl (C=O) groups excluding carboxylic acids is 1. The first kappa shape index (κ1) is 11.9. The maximum atomic E-state index is 12.0. The molecule has 92 valence electrons. The number of amides is 1. The van der Waals surface area contributed by atoms with Gasteiger partial charge in [-0.2, -0.15) is 0 Å². The molecule has 1 atom stereocenters. The van der Waals surface area contributed by atoms with E-state index in [4.69, 9.17) is 4.74 Å². The molecule has 16 heavy (non-hydrogen) atoms. The van der Waals surface area contributed by atoms with Gasteiger partial charge in [0.15, 0.2) is 0 Å². The maximum Gasteiger partial charge on any atom is 0.236 e. The highest BCUT2D eigenvalue weighted by Gasteiger charge is 2.31. The van der Waals surface area contributed by atoms with E-state index >= 15 is 0 Å². The van der Waals surface area contributed by atoms with Gasteiger partial charge in [0.25, 0.3) is 0 Å². The highest BCUT2D eigenvalue weighted by Crippen LogP contribution is 2.34. The van der Waals surface area contributed by atoms with E-state index in [-0.39, 0.29) is 5.91 Å². The average Bonchev–Trinajstić information content (AvgIpc) is 3.13. The van der Waals surface area contributed by atoms with Crippen molar-refractivity contribution in [3.63, 3.8) is 0 Å². The van der Waals surface area contributed by atoms with Gasteiger partial charge in [-0.1, -0.05) is 0 Å². The Hall–Kier alpha value is -0.610. The van der Waals surface area contributed by atoms with Gasteiger partial charge in [0.2, 0.25) is 5.91 Å². The lowest BCUT2D eigenvalue weighted by atomic mass is 10.2. The highest BCUT2D eigenvalue weighted by atomic mass is 16.5. The average molecular weight is 226 g/mol. The predicted octanol–water partition coefficient (Wildman–Crippen LogP) is 0.575. The zero-order valence-electron chi connectivity index (χ0n) is 10.3. The molecule has 1 amide bonds. The Labute approximate surface area is 97.5 Å². The van der Waals surface area contributed by atoms with Gasteiger partial charge in [0.05, 0.1) is 19.8 Å². The van der Waals surface area contributed by atoms with Gasteiger partial charge in [0, 0.05) is 19.1 Å². The van der Waals surface area contributed by atoms with Gasteiger partial charge < -0.3 is 9.64 Å². The molecule has 1 saturated heterocycles. The standard InChI is InChI=1S/C12H22N2O2/c1-10(11-3-4-11)13(2)9-12(15)14-5-7-16-8-6-14/h10-11H,3-9H2,1-2H3. The second kappa shape index (κ2) is 5.15. The molecule has 1 unspecified atom stereocenters. The van der Waals surface area contributed by atoms with E-state index < -0.39 is 0 Å². The lowest BCUT2D eigenvalue weighted by Crippen LogP contribution is -2.46. The van der Waals surface area contributed by atoms with E-state index in [2.05, 4.69) is 18.9 Å². The molecule has 0 aromatic rings. The Morgan fingerprint density at radius 2 is 2.06 bits per heavy atom. The number of nitrogens with zero attached hydrogens (tertiary/aromatic N) is 2. The molecule has 0 N–H and O–H groups in total. The molecule has 2 rings (SSSR count). The summed E-state index contributed by atoms with van der Waals surface area (Å²) in [6, 6.07) is 0.546. The van der Waals surface area contributed by atoms with Crippen LogP contribution < -0.4 is 0 Å². The van der Waals surface area contributed by atoms with Crippen molar-refractivity contribution < 1.29 is 9.53 Å². The molecule has 1 aliphatic heterocycles. The minimum atomic E-state index is 0.248. The van der Waals surface area contributed by atoms with Crippen LogP contribution in [-0.2, 0) is 9.53 Å². The molecular weight excluding hydrogens is 204 g/mol. The van der Waals surface area contributed by atoms with Gasteiger partial charge in [-0.25, -0.2) is 0 Å². The summed E-state index contributed by atoms with van der Waals surface area (Å²) in [7, 11) is 2.06. The van der Waals surface area contributed by atoms with Crippen molar-refractivity contribution in [1.29, 1.82) is 0 Å². The number of morpholine rings is 1. The largest absolute Gasteiger partial charge is 0.378 e. The van der Waals surface area contributed by atoms with E-state index in [0.29, 0.717) is 25.8 Å². The van der Waals surface area contributed by atoms with E-state index in [1.165, 1.54) is 12.8 Å². The van der Waals surface area contributed by atoms with E-state index in [9.17, 15) is 4.79 Å². The fraction of sp³-hybridized carbons (Fsp3) is 0.917. The number of carbonyl (C=O) groups is 1. The first-order valence-corrected chi connectivity index (χ1v) is 6.24. The molecule has 2 aliphatic rings. The van der Waals surface area contributed by atoms with Crippen molar-refractivity contribution >= 4 is 5.91 Å². The summed E-state index contributed by atoms with van der Waals surface area (Å²) in [5.74, 6) is 1.07. The number of rotatable bonds is 4. The molecule has 0 bridgehead atoms. The summed E-state index contributed by atoms with van der Waals surface area (Å²) in [6.07, 6.45) is 2.66. The van der Waals surface area contributed by atoms with Crippen LogP contribution in [0.25, 0.3) is 0 Å². The van der Waals surface area contributed by atoms with Crippen LogP contribution in [0.4, 0.5) is 0 Å². The molecule has 1 heterocycles. The first-order valence-electron chi connectivity index (χ1n) is 6.24. The topological polar surface area (TPSA) is 32.8 Å². The van der Waals surface area contributed by atoms with E-state index in [1.807, 2.05) is 4.90 Å². The summed E-state index contributed by atoms with van der Waals surface area (Å²) in [6.45, 7) is 5.66. The highest BCUT2D eigenvalue weighted by molar-refractivity contribution is 5.78. The minimum Gasteiger partial charge on any atom is -0.378 e. The molecule has 1 aliphatic carbocycles. The molecule has 2 fully saturated rings. The van der Waals surface area contributed by atoms with Crippen LogP contribution in [-0.4, -0.2) is 61.6 Å². The van der Waals surface area contributed by atoms with Gasteiger partial charge >= 0.3 is 0 Å². The molecule has 1 saturated carbocycles. The van der Waals surface area contributed by atoms with Crippen LogP contribution in [0.15, 0.2) is 0 Å². The number of likely N-dealkylation sites (N-methyl/N-ethyl adjacent to an activating group) is 1. The molecule has 0 aromatic heterocycles. The fourth-order valence-electron chi connectivity index (χ4n) is 2.21. The van der Waals surface area contributed by atoms with E-state index in [0.717, 1.165) is 19.0 Å². The Kier molecular flexibility index (Phi) is 3.82. The zero-order chi connectivity index (χ0) is 11.5. The lowest BCUT2D eigenvalue weighted by Gasteiger charge is -2.30. The minimum absolute atomic E-state index is 0.248. The third-order valence-corrected chi connectivity index (χ3v) is 3.75. The quantitative estimate of drug-likeness (QED) is 0.703. The molecule has 0 radical (unpaired) electrons. The van der Waals surface area contributed by atoms with Crippen molar-refractivity contribution in [3.05, 3.63) is 0 Å². The van der Waals surface area contributed by atoms with Crippen LogP contribution in [0.2, 0.25) is 0 Å². The first-order chi connectivity index (χ1) is 7.68. The Morgan fingerprint density at radius 1 is 1.44 bits per heavy atom. The van der Waals surface area contributed by atoms with Crippen LogP contribution in [0.3, 0.4) is 0 Å². The second-order valence-electron chi connectivity index (χ2n) is 4.99. The SMILES string of the molecule is CC(C1CC1)N(C)CC(=O)N1CCOCC1. The Morgan fingerprint density at radius 3 is 2.62 bits per heavy atom. The smallest absolute Gasteiger partial charge is 0.236 e. The molecule has 0 aromatic carbocycles. The van der Waals surface area contributed by atoms with Gasteiger partial charge in [-0.3, -0.25) is 9.69 Å². The van der Waals surface area contributed by atoms with Gasteiger partial charge in [-0.05, 0) is 32.7 Å². The third-order valence-electron chi connectivity index (χ3n) is 3.75. The van der Waals surface area contributed by atoms with Crippen molar-refractivity contribution in [2.24, 2.45) is 5.92 Å². The summed E-state index contributed by atoms with van der Waals surface area (Å²) in [5.41, 5.74) is 0. The molecule has 4 heteroatoms. The van der Waals surface area contributed by atoms with Crippen LogP contribution in [0.1, 0.15) is 19.8 Å². The van der Waals surface area contributed by atoms with Crippen molar-refractivity contribution in [2.45, 2.75) is 25.8 Å². The van der Waals surface area contributed by atoms with Gasteiger partial charge in [-0.15, -0.1) is 0 Å². The van der Waals surface area contributed by atoms with Crippen molar-refractivity contribution in [2.75, 3.05) is 39.9 Å².